The van der Waals surface area contributed by atoms with Gasteiger partial charge >= 0.3 is 0 Å². The molecule has 13 heavy (non-hydrogen) atoms. The van der Waals surface area contributed by atoms with Crippen molar-refractivity contribution >= 4 is 0 Å². The normalized spacial score (nSPS) is 12.0. The first kappa shape index (κ1) is 10.2. The molecule has 4 heteroatoms. The number of aryl methyl sites for hydroxylation is 1. The number of aromatic nitrogens is 2. The van der Waals surface area contributed by atoms with Gasteiger partial charge in [0.1, 0.15) is 5.67 Å². The van der Waals surface area contributed by atoms with Gasteiger partial charge in [-0.05, 0) is 32.9 Å². The fourth-order valence-electron chi connectivity index (χ4n) is 1.26. The maximum absolute atomic E-state index is 13.6. The molecule has 0 aromatic carbocycles. The Kier molecular flexibility index (Phi) is 3.03. The molecule has 0 saturated heterocycles. The van der Waals surface area contributed by atoms with E-state index in [1.165, 1.54) is 13.8 Å². The number of nitrogens with two attached hydrogens (primary N) is 1. The molecule has 0 aliphatic heterocycles. The van der Waals surface area contributed by atoms with Gasteiger partial charge in [0, 0.05) is 12.7 Å². The molecular weight excluding hydrogens is 169 g/mol. The van der Waals surface area contributed by atoms with Gasteiger partial charge in [0.15, 0.2) is 0 Å². The smallest absolute Gasteiger partial charge is 0.146 e. The molecule has 0 bridgehead atoms. The summed E-state index contributed by atoms with van der Waals surface area (Å²) in [4.78, 5) is 0. The predicted octanol–water partition coefficient (Wildman–Crippen LogP) is 1.44. The largest absolute Gasteiger partial charge is 0.330 e. The summed E-state index contributed by atoms with van der Waals surface area (Å²) in [5, 5.41) is 4.04. The summed E-state index contributed by atoms with van der Waals surface area (Å²) in [7, 11) is 0. The van der Waals surface area contributed by atoms with E-state index in [-0.39, 0.29) is 0 Å². The molecule has 0 aliphatic rings. The van der Waals surface area contributed by atoms with Crippen molar-refractivity contribution < 1.29 is 4.39 Å². The minimum absolute atomic E-state index is 0.603. The molecule has 0 aliphatic carbocycles. The lowest BCUT2D eigenvalue weighted by atomic mass is 10.1. The molecule has 0 unspecified atom stereocenters. The summed E-state index contributed by atoms with van der Waals surface area (Å²) in [5.74, 6) is 0. The topological polar surface area (TPSA) is 43.8 Å². The molecule has 0 fully saturated rings. The molecule has 1 rings (SSSR count). The third-order valence-corrected chi connectivity index (χ3v) is 1.90. The summed E-state index contributed by atoms with van der Waals surface area (Å²) in [6, 6.07) is 1.70. The Labute approximate surface area is 77.7 Å². The quantitative estimate of drug-likeness (QED) is 0.771. The van der Waals surface area contributed by atoms with Crippen molar-refractivity contribution in [1.29, 1.82) is 0 Å². The third-order valence-electron chi connectivity index (χ3n) is 1.90. The van der Waals surface area contributed by atoms with Crippen molar-refractivity contribution in [2.75, 3.05) is 6.54 Å². The van der Waals surface area contributed by atoms with Crippen LogP contribution in [0.2, 0.25) is 0 Å². The Morgan fingerprint density at radius 3 is 2.85 bits per heavy atom. The summed E-state index contributed by atoms with van der Waals surface area (Å²) in [6.45, 7) is 4.35. The first-order chi connectivity index (χ1) is 6.05. The second-order valence-electron chi connectivity index (χ2n) is 3.55. The van der Waals surface area contributed by atoms with Crippen LogP contribution in [0.25, 0.3) is 0 Å². The number of halogens is 1. The van der Waals surface area contributed by atoms with Crippen molar-refractivity contribution in [1.82, 2.24) is 9.78 Å². The third kappa shape index (κ3) is 2.52. The fourth-order valence-corrected chi connectivity index (χ4v) is 1.26. The Bertz CT molecular complexity index is 262. The van der Waals surface area contributed by atoms with Crippen LogP contribution in [0.1, 0.15) is 26.0 Å². The summed E-state index contributed by atoms with van der Waals surface area (Å²) >= 11 is 0. The highest BCUT2D eigenvalue weighted by molar-refractivity contribution is 5.09. The minimum atomic E-state index is -1.33. The van der Waals surface area contributed by atoms with Crippen LogP contribution in [0.15, 0.2) is 12.3 Å². The Morgan fingerprint density at radius 1 is 1.62 bits per heavy atom. The van der Waals surface area contributed by atoms with E-state index in [1.54, 1.807) is 16.9 Å². The molecule has 0 amide bonds. The molecule has 0 atom stereocenters. The maximum Gasteiger partial charge on any atom is 0.146 e. The SMILES string of the molecule is CC(C)(F)c1ccnn1CCCN. The number of rotatable bonds is 4. The van der Waals surface area contributed by atoms with Crippen LogP contribution in [0.3, 0.4) is 0 Å². The van der Waals surface area contributed by atoms with Crippen LogP contribution in [0.4, 0.5) is 4.39 Å². The van der Waals surface area contributed by atoms with E-state index in [9.17, 15) is 4.39 Å². The van der Waals surface area contributed by atoms with Crippen LogP contribution in [-0.2, 0) is 12.2 Å². The second-order valence-corrected chi connectivity index (χ2v) is 3.55. The van der Waals surface area contributed by atoms with Gasteiger partial charge in [-0.1, -0.05) is 0 Å². The van der Waals surface area contributed by atoms with Gasteiger partial charge in [0.05, 0.1) is 5.69 Å². The number of hydrogen-bond acceptors (Lipinski definition) is 2. The zero-order valence-electron chi connectivity index (χ0n) is 8.13. The fraction of sp³-hybridized carbons (Fsp3) is 0.667. The molecule has 74 valence electrons. The van der Waals surface area contributed by atoms with Crippen LogP contribution in [0, 0.1) is 0 Å². The molecule has 1 aromatic rings. The average Bonchev–Trinajstić information content (AvgIpc) is 2.47. The van der Waals surface area contributed by atoms with Crippen molar-refractivity contribution in [3.05, 3.63) is 18.0 Å². The lowest BCUT2D eigenvalue weighted by Gasteiger charge is -2.16. The monoisotopic (exact) mass is 185 g/mol. The van der Waals surface area contributed by atoms with Gasteiger partial charge in [-0.2, -0.15) is 5.10 Å². The van der Waals surface area contributed by atoms with Gasteiger partial charge in [-0.15, -0.1) is 0 Å². The van der Waals surface area contributed by atoms with Gasteiger partial charge in [0.2, 0.25) is 0 Å². The standard InChI is InChI=1S/C9H16FN3/c1-9(2,10)8-4-6-12-13(8)7-3-5-11/h4,6H,3,5,7,11H2,1-2H3. The summed E-state index contributed by atoms with van der Waals surface area (Å²) in [5.41, 5.74) is 4.65. The van der Waals surface area contributed by atoms with E-state index in [2.05, 4.69) is 5.10 Å². The lowest BCUT2D eigenvalue weighted by molar-refractivity contribution is 0.203. The molecule has 1 aromatic heterocycles. The van der Waals surface area contributed by atoms with E-state index in [0.29, 0.717) is 18.8 Å². The van der Waals surface area contributed by atoms with Crippen LogP contribution in [-0.4, -0.2) is 16.3 Å². The molecule has 0 saturated carbocycles. The van der Waals surface area contributed by atoms with Crippen LogP contribution in [0.5, 0.6) is 0 Å². The predicted molar refractivity (Wildman–Crippen MR) is 50.0 cm³/mol. The highest BCUT2D eigenvalue weighted by Gasteiger charge is 2.22. The first-order valence-corrected chi connectivity index (χ1v) is 4.47. The molecule has 3 nitrogen and oxygen atoms in total. The van der Waals surface area contributed by atoms with Crippen molar-refractivity contribution in [3.8, 4) is 0 Å². The van der Waals surface area contributed by atoms with Gasteiger partial charge < -0.3 is 5.73 Å². The molecular formula is C9H16FN3. The van der Waals surface area contributed by atoms with Crippen molar-refractivity contribution in [3.63, 3.8) is 0 Å². The Hall–Kier alpha value is -0.900. The zero-order valence-corrected chi connectivity index (χ0v) is 8.13. The van der Waals surface area contributed by atoms with Gasteiger partial charge in [-0.3, -0.25) is 4.68 Å². The zero-order chi connectivity index (χ0) is 9.90. The van der Waals surface area contributed by atoms with E-state index in [1.807, 2.05) is 0 Å². The maximum atomic E-state index is 13.6. The molecule has 0 spiro atoms. The minimum Gasteiger partial charge on any atom is -0.330 e. The highest BCUT2D eigenvalue weighted by Crippen LogP contribution is 2.23. The van der Waals surface area contributed by atoms with Crippen molar-refractivity contribution in [2.24, 2.45) is 5.73 Å². The van der Waals surface area contributed by atoms with Gasteiger partial charge in [0.25, 0.3) is 0 Å². The van der Waals surface area contributed by atoms with Gasteiger partial charge in [-0.25, -0.2) is 4.39 Å². The van der Waals surface area contributed by atoms with E-state index >= 15 is 0 Å². The van der Waals surface area contributed by atoms with Crippen LogP contribution < -0.4 is 5.73 Å². The summed E-state index contributed by atoms with van der Waals surface area (Å²) in [6.07, 6.45) is 2.44. The molecule has 0 radical (unpaired) electrons. The van der Waals surface area contributed by atoms with E-state index < -0.39 is 5.67 Å². The number of nitrogens with zero attached hydrogens (tertiary/aromatic N) is 2. The number of hydrogen-bond donors (Lipinski definition) is 1. The number of alkyl halides is 1. The van der Waals surface area contributed by atoms with E-state index in [0.717, 1.165) is 6.42 Å². The van der Waals surface area contributed by atoms with Crippen molar-refractivity contribution in [2.45, 2.75) is 32.5 Å². The average molecular weight is 185 g/mol. The first-order valence-electron chi connectivity index (χ1n) is 4.47. The molecule has 1 heterocycles. The second kappa shape index (κ2) is 3.87. The Morgan fingerprint density at radius 2 is 2.31 bits per heavy atom. The summed E-state index contributed by atoms with van der Waals surface area (Å²) < 4.78 is 15.2. The van der Waals surface area contributed by atoms with E-state index in [4.69, 9.17) is 5.73 Å². The lowest BCUT2D eigenvalue weighted by Crippen LogP contribution is -2.18. The van der Waals surface area contributed by atoms with Crippen LogP contribution >= 0.6 is 0 Å². The highest BCUT2D eigenvalue weighted by atomic mass is 19.1. The molecule has 2 N–H and O–H groups in total. The Balaban J connectivity index is 2.77.